The third kappa shape index (κ3) is 3.34. The monoisotopic (exact) mass is 428 g/mol. The van der Waals surface area contributed by atoms with Crippen molar-refractivity contribution in [2.75, 3.05) is 0 Å². The van der Waals surface area contributed by atoms with E-state index in [-0.39, 0.29) is 16.4 Å². The number of carbonyl (C=O) groups excluding carboxylic acids is 1. The van der Waals surface area contributed by atoms with Crippen LogP contribution in [-0.4, -0.2) is 20.2 Å². The number of ketones is 1. The van der Waals surface area contributed by atoms with Gasteiger partial charge in [-0.2, -0.15) is 0 Å². The molecular weight excluding hydrogens is 384 g/mol. The number of hydrogen-bond acceptors (Lipinski definition) is 2. The van der Waals surface area contributed by atoms with Crippen LogP contribution >= 0.6 is 0 Å². The molecule has 30 heavy (non-hydrogen) atoms. The summed E-state index contributed by atoms with van der Waals surface area (Å²) in [5.41, 5.74) is 3.81. The molecule has 6 atom stereocenters. The Hall–Kier alpha value is -0.673. The zero-order chi connectivity index (χ0) is 22.1. The van der Waals surface area contributed by atoms with Crippen molar-refractivity contribution in [2.24, 2.45) is 28.6 Å². The van der Waals surface area contributed by atoms with E-state index in [0.29, 0.717) is 29.1 Å². The first-order valence-electron chi connectivity index (χ1n) is 12.4. The summed E-state index contributed by atoms with van der Waals surface area (Å²) >= 11 is 0. The summed E-state index contributed by atoms with van der Waals surface area (Å²) in [6, 6.07) is 0. The van der Waals surface area contributed by atoms with Gasteiger partial charge in [-0.25, -0.2) is 0 Å². The van der Waals surface area contributed by atoms with E-state index in [4.69, 9.17) is 4.43 Å². The first kappa shape index (κ1) is 22.5. The van der Waals surface area contributed by atoms with Crippen molar-refractivity contribution in [1.82, 2.24) is 0 Å². The Balaban J connectivity index is 1.58. The Morgan fingerprint density at radius 1 is 1.03 bits per heavy atom. The van der Waals surface area contributed by atoms with E-state index in [1.807, 2.05) is 6.92 Å². The smallest absolute Gasteiger partial charge is 0.192 e. The highest BCUT2D eigenvalue weighted by molar-refractivity contribution is 6.74. The molecule has 168 valence electrons. The minimum Gasteiger partial charge on any atom is -0.414 e. The van der Waals surface area contributed by atoms with E-state index >= 15 is 0 Å². The van der Waals surface area contributed by atoms with E-state index in [2.05, 4.69) is 59.9 Å². The molecule has 4 aliphatic carbocycles. The highest BCUT2D eigenvalue weighted by Gasteiger charge is 2.57. The molecule has 2 nitrogen and oxygen atoms in total. The second-order valence-electron chi connectivity index (χ2n) is 12.9. The first-order chi connectivity index (χ1) is 13.8. The summed E-state index contributed by atoms with van der Waals surface area (Å²) in [4.78, 5) is 12.3. The molecule has 0 heterocycles. The molecule has 0 aromatic carbocycles. The first-order valence-corrected chi connectivity index (χ1v) is 15.3. The molecular formula is C27H44O2Si. The molecule has 0 amide bonds. The average molecular weight is 429 g/mol. The van der Waals surface area contributed by atoms with Crippen LogP contribution in [0.2, 0.25) is 18.1 Å². The van der Waals surface area contributed by atoms with Gasteiger partial charge in [0.1, 0.15) is 5.78 Å². The molecule has 3 heteroatoms. The van der Waals surface area contributed by atoms with Gasteiger partial charge in [0.15, 0.2) is 8.32 Å². The molecule has 4 rings (SSSR count). The Labute approximate surface area is 186 Å². The van der Waals surface area contributed by atoms with Crippen LogP contribution in [0.15, 0.2) is 23.3 Å². The standard InChI is InChI=1S/C27H44O2Si/c1-18(28)22-11-12-23-21-10-9-19-17-20(29-30(7,8)25(2,3)4)13-15-26(19,5)24(21)14-16-27(22,23)6/h9-10,20,22-24H,11-17H2,1-8H3. The van der Waals surface area contributed by atoms with Crippen LogP contribution < -0.4 is 0 Å². The zero-order valence-corrected chi connectivity index (χ0v) is 21.7. The van der Waals surface area contributed by atoms with E-state index < -0.39 is 8.32 Å². The molecule has 0 radical (unpaired) electrons. The van der Waals surface area contributed by atoms with Crippen LogP contribution in [0.4, 0.5) is 0 Å². The van der Waals surface area contributed by atoms with Crippen molar-refractivity contribution < 1.29 is 9.22 Å². The van der Waals surface area contributed by atoms with Crippen molar-refractivity contribution >= 4 is 14.1 Å². The van der Waals surface area contributed by atoms with Crippen LogP contribution in [0.25, 0.3) is 0 Å². The quantitative estimate of drug-likeness (QED) is 0.436. The minimum atomic E-state index is -1.73. The van der Waals surface area contributed by atoms with Gasteiger partial charge in [0.05, 0.1) is 0 Å². The Morgan fingerprint density at radius 3 is 2.37 bits per heavy atom. The van der Waals surface area contributed by atoms with Gasteiger partial charge >= 0.3 is 0 Å². The highest BCUT2D eigenvalue weighted by Crippen LogP contribution is 2.65. The fourth-order valence-electron chi connectivity index (χ4n) is 7.33. The van der Waals surface area contributed by atoms with Gasteiger partial charge in [-0.1, -0.05) is 57.9 Å². The lowest BCUT2D eigenvalue weighted by Gasteiger charge is -2.55. The van der Waals surface area contributed by atoms with Gasteiger partial charge in [0, 0.05) is 12.0 Å². The highest BCUT2D eigenvalue weighted by atomic mass is 28.4. The lowest BCUT2D eigenvalue weighted by molar-refractivity contribution is -0.124. The summed E-state index contributed by atoms with van der Waals surface area (Å²) in [6.07, 6.45) is 13.7. The summed E-state index contributed by atoms with van der Waals surface area (Å²) in [5.74, 6) is 1.98. The van der Waals surface area contributed by atoms with Gasteiger partial charge in [-0.15, -0.1) is 0 Å². The van der Waals surface area contributed by atoms with Crippen molar-refractivity contribution in [3.8, 4) is 0 Å². The summed E-state index contributed by atoms with van der Waals surface area (Å²) in [6.45, 7) is 18.6. The average Bonchev–Trinajstić information content (AvgIpc) is 2.98. The minimum absolute atomic E-state index is 0.193. The molecule has 0 aromatic heterocycles. The Kier molecular flexibility index (Phi) is 5.38. The van der Waals surface area contributed by atoms with Crippen LogP contribution in [-0.2, 0) is 9.22 Å². The van der Waals surface area contributed by atoms with Crippen LogP contribution in [0, 0.1) is 28.6 Å². The molecule has 0 saturated heterocycles. The number of fused-ring (bicyclic) bond motifs is 5. The molecule has 0 aliphatic heterocycles. The lowest BCUT2D eigenvalue weighted by atomic mass is 9.50. The van der Waals surface area contributed by atoms with E-state index in [1.165, 1.54) is 32.1 Å². The molecule has 0 N–H and O–H groups in total. The maximum atomic E-state index is 12.3. The van der Waals surface area contributed by atoms with Gasteiger partial charge in [-0.3, -0.25) is 4.79 Å². The fraction of sp³-hybridized carbons (Fsp3) is 0.815. The van der Waals surface area contributed by atoms with Crippen LogP contribution in [0.5, 0.6) is 0 Å². The second-order valence-corrected chi connectivity index (χ2v) is 17.7. The predicted molar refractivity (Wildman–Crippen MR) is 128 cm³/mol. The fourth-order valence-corrected chi connectivity index (χ4v) is 8.72. The third-order valence-electron chi connectivity index (χ3n) is 10.3. The molecule has 3 fully saturated rings. The lowest BCUT2D eigenvalue weighted by Crippen LogP contribution is -2.49. The van der Waals surface area contributed by atoms with Crippen LogP contribution in [0.3, 0.4) is 0 Å². The normalized spacial score (nSPS) is 41.3. The van der Waals surface area contributed by atoms with Gasteiger partial charge in [0.25, 0.3) is 0 Å². The van der Waals surface area contributed by atoms with E-state index in [9.17, 15) is 4.79 Å². The number of allylic oxidation sites excluding steroid dienone is 3. The van der Waals surface area contributed by atoms with Crippen molar-refractivity contribution in [1.29, 1.82) is 0 Å². The number of rotatable bonds is 3. The molecule has 4 aliphatic rings. The van der Waals surface area contributed by atoms with Crippen molar-refractivity contribution in [3.63, 3.8) is 0 Å². The number of hydrogen-bond donors (Lipinski definition) is 0. The summed E-state index contributed by atoms with van der Waals surface area (Å²) in [7, 11) is -1.73. The SMILES string of the molecule is CC(=O)C1CCC2C3=CC=C4CC(O[Si](C)(C)C(C)(C)C)CCC4(C)C3CCC12C. The molecule has 0 bridgehead atoms. The molecule has 3 saturated carbocycles. The molecule has 6 unspecified atom stereocenters. The summed E-state index contributed by atoms with van der Waals surface area (Å²) in [5, 5.41) is 0.269. The summed E-state index contributed by atoms with van der Waals surface area (Å²) < 4.78 is 6.84. The molecule has 0 aromatic rings. The van der Waals surface area contributed by atoms with Gasteiger partial charge in [0.2, 0.25) is 0 Å². The Bertz CT molecular complexity index is 785. The van der Waals surface area contributed by atoms with Gasteiger partial charge < -0.3 is 4.43 Å². The van der Waals surface area contributed by atoms with Gasteiger partial charge in [-0.05, 0) is 92.7 Å². The number of Topliss-reactive ketones (excluding diaryl/α,β-unsaturated/α-hetero) is 1. The zero-order valence-electron chi connectivity index (χ0n) is 20.7. The number of carbonyl (C=O) groups is 1. The topological polar surface area (TPSA) is 26.3 Å². The van der Waals surface area contributed by atoms with Crippen molar-refractivity contribution in [3.05, 3.63) is 23.3 Å². The Morgan fingerprint density at radius 2 is 1.73 bits per heavy atom. The van der Waals surface area contributed by atoms with E-state index in [0.717, 1.165) is 12.8 Å². The predicted octanol–water partition coefficient (Wildman–Crippen LogP) is 7.46. The second kappa shape index (κ2) is 7.17. The third-order valence-corrected chi connectivity index (χ3v) is 14.8. The van der Waals surface area contributed by atoms with Crippen molar-refractivity contribution in [2.45, 2.75) is 111 Å². The maximum absolute atomic E-state index is 12.3. The van der Waals surface area contributed by atoms with E-state index in [1.54, 1.807) is 11.1 Å². The molecule has 0 spiro atoms. The van der Waals surface area contributed by atoms with Crippen LogP contribution in [0.1, 0.15) is 86.5 Å². The largest absolute Gasteiger partial charge is 0.414 e. The maximum Gasteiger partial charge on any atom is 0.192 e.